The molecule has 0 saturated carbocycles. The van der Waals surface area contributed by atoms with Crippen LogP contribution in [-0.2, 0) is 16.0 Å². The average Bonchev–Trinajstić information content (AvgIpc) is 3.43. The molecule has 3 aromatic rings. The fraction of sp³-hybridized carbons (Fsp3) is 0.250. The number of carbonyl (C=O) groups is 2. The van der Waals surface area contributed by atoms with Gasteiger partial charge in [-0.25, -0.2) is 0 Å². The van der Waals surface area contributed by atoms with Crippen LogP contribution < -0.4 is 9.64 Å². The van der Waals surface area contributed by atoms with Crippen molar-refractivity contribution in [3.8, 4) is 5.75 Å². The Labute approximate surface area is 189 Å². The summed E-state index contributed by atoms with van der Waals surface area (Å²) in [6.45, 7) is 5.72. The summed E-state index contributed by atoms with van der Waals surface area (Å²) in [4.78, 5) is 27.6. The Hall–Kier alpha value is -3.52. The van der Waals surface area contributed by atoms with Gasteiger partial charge in [-0.2, -0.15) is 0 Å². The van der Waals surface area contributed by atoms with Gasteiger partial charge in [0.05, 0.1) is 11.6 Å². The van der Waals surface area contributed by atoms with E-state index in [-0.39, 0.29) is 17.4 Å². The highest BCUT2D eigenvalue weighted by molar-refractivity contribution is 7.15. The number of hydrogen-bond acceptors (Lipinski definition) is 7. The number of carbonyl (C=O) groups excluding carboxylic acids is 2. The lowest BCUT2D eigenvalue weighted by Gasteiger charge is -2.22. The monoisotopic (exact) mass is 447 g/mol. The molecule has 2 aliphatic heterocycles. The maximum atomic E-state index is 13.2. The second kappa shape index (κ2) is 7.56. The molecule has 162 valence electrons. The molecule has 0 aliphatic carbocycles. The van der Waals surface area contributed by atoms with E-state index < -0.39 is 17.7 Å². The number of Topliss-reactive ketones (excluding diaryl/α,β-unsaturated/α-hetero) is 1. The Bertz CT molecular complexity index is 1280. The molecule has 5 rings (SSSR count). The summed E-state index contributed by atoms with van der Waals surface area (Å²) < 4.78 is 5.74. The van der Waals surface area contributed by atoms with Crippen LogP contribution in [0.2, 0.25) is 0 Å². The van der Waals surface area contributed by atoms with Crippen molar-refractivity contribution >= 4 is 33.9 Å². The highest BCUT2D eigenvalue weighted by atomic mass is 32.1. The number of aromatic nitrogens is 2. The standard InChI is InChI=1S/C24H21N3O4S/c1-12-4-6-15(7-5-12)20-19(22(29)23(30)27(20)24-26-25-14(3)32-24)21(28)16-8-9-18-17(11-16)10-13(2)31-18/h4-9,11,13,20,28H,10H2,1-3H3/t13-,20+/m1/s1. The lowest BCUT2D eigenvalue weighted by atomic mass is 9.94. The number of rotatable bonds is 3. The van der Waals surface area contributed by atoms with Crippen molar-refractivity contribution < 1.29 is 19.4 Å². The minimum absolute atomic E-state index is 0.0404. The first kappa shape index (κ1) is 20.4. The third-order valence-corrected chi connectivity index (χ3v) is 6.57. The Morgan fingerprint density at radius 2 is 1.88 bits per heavy atom. The van der Waals surface area contributed by atoms with Gasteiger partial charge in [-0.05, 0) is 50.1 Å². The summed E-state index contributed by atoms with van der Waals surface area (Å²) in [6, 6.07) is 12.1. The van der Waals surface area contributed by atoms with E-state index in [0.29, 0.717) is 21.3 Å². The molecular formula is C24H21N3O4S. The molecule has 3 heterocycles. The highest BCUT2D eigenvalue weighted by Gasteiger charge is 2.48. The number of aryl methyl sites for hydroxylation is 2. The van der Waals surface area contributed by atoms with Crippen molar-refractivity contribution in [1.82, 2.24) is 10.2 Å². The van der Waals surface area contributed by atoms with E-state index >= 15 is 0 Å². The van der Waals surface area contributed by atoms with Gasteiger partial charge in [-0.15, -0.1) is 10.2 Å². The Kier molecular flexibility index (Phi) is 4.82. The summed E-state index contributed by atoms with van der Waals surface area (Å²) in [5.74, 6) is -0.911. The molecule has 2 atom stereocenters. The number of benzene rings is 2. The molecule has 2 aliphatic rings. The smallest absolute Gasteiger partial charge is 0.301 e. The summed E-state index contributed by atoms with van der Waals surface area (Å²) in [5.41, 5.74) is 3.23. The molecule has 7 nitrogen and oxygen atoms in total. The number of amides is 1. The molecule has 0 unspecified atom stereocenters. The topological polar surface area (TPSA) is 92.6 Å². The minimum atomic E-state index is -0.800. The molecule has 0 bridgehead atoms. The Morgan fingerprint density at radius 1 is 1.12 bits per heavy atom. The molecule has 2 aromatic carbocycles. The van der Waals surface area contributed by atoms with Gasteiger partial charge in [0.25, 0.3) is 5.78 Å². The first-order valence-corrected chi connectivity index (χ1v) is 11.1. The second-order valence-electron chi connectivity index (χ2n) is 8.14. The van der Waals surface area contributed by atoms with Gasteiger partial charge in [0.1, 0.15) is 22.6 Å². The van der Waals surface area contributed by atoms with Gasteiger partial charge in [-0.1, -0.05) is 41.2 Å². The maximum Gasteiger partial charge on any atom is 0.301 e. The zero-order valence-corrected chi connectivity index (χ0v) is 18.6. The fourth-order valence-corrected chi connectivity index (χ4v) is 4.92. The lowest BCUT2D eigenvalue weighted by Crippen LogP contribution is -2.29. The molecule has 1 N–H and O–H groups in total. The number of aliphatic hydroxyl groups is 1. The van der Waals surface area contributed by atoms with E-state index in [2.05, 4.69) is 10.2 Å². The molecule has 1 saturated heterocycles. The van der Waals surface area contributed by atoms with Crippen molar-refractivity contribution in [2.45, 2.75) is 39.3 Å². The predicted octanol–water partition coefficient (Wildman–Crippen LogP) is 4.10. The summed E-state index contributed by atoms with van der Waals surface area (Å²) >= 11 is 1.23. The molecule has 1 amide bonds. The molecule has 0 spiro atoms. The Morgan fingerprint density at radius 3 is 2.56 bits per heavy atom. The zero-order chi connectivity index (χ0) is 22.6. The van der Waals surface area contributed by atoms with E-state index in [4.69, 9.17) is 4.74 Å². The van der Waals surface area contributed by atoms with E-state index in [1.165, 1.54) is 16.2 Å². The number of aliphatic hydroxyl groups excluding tert-OH is 1. The Balaban J connectivity index is 1.68. The number of ether oxygens (including phenoxy) is 1. The molecule has 8 heteroatoms. The van der Waals surface area contributed by atoms with Gasteiger partial charge >= 0.3 is 5.91 Å². The van der Waals surface area contributed by atoms with Gasteiger partial charge in [0, 0.05) is 12.0 Å². The average molecular weight is 448 g/mol. The lowest BCUT2D eigenvalue weighted by molar-refractivity contribution is -0.132. The molecular weight excluding hydrogens is 426 g/mol. The highest BCUT2D eigenvalue weighted by Crippen LogP contribution is 2.43. The van der Waals surface area contributed by atoms with Crippen molar-refractivity contribution in [3.63, 3.8) is 0 Å². The van der Waals surface area contributed by atoms with Gasteiger partial charge in [-0.3, -0.25) is 14.5 Å². The van der Waals surface area contributed by atoms with Crippen LogP contribution in [0.1, 0.15) is 40.2 Å². The van der Waals surface area contributed by atoms with Crippen LogP contribution in [0.15, 0.2) is 48.0 Å². The van der Waals surface area contributed by atoms with Crippen LogP contribution >= 0.6 is 11.3 Å². The first-order valence-electron chi connectivity index (χ1n) is 10.3. The van der Waals surface area contributed by atoms with Crippen LogP contribution in [0.25, 0.3) is 5.76 Å². The normalized spacial score (nSPS) is 21.7. The van der Waals surface area contributed by atoms with E-state index in [1.807, 2.05) is 44.2 Å². The number of fused-ring (bicyclic) bond motifs is 1. The van der Waals surface area contributed by atoms with Crippen LogP contribution in [0.3, 0.4) is 0 Å². The number of nitrogens with zero attached hydrogens (tertiary/aromatic N) is 3. The van der Waals surface area contributed by atoms with E-state index in [0.717, 1.165) is 23.3 Å². The number of anilines is 1. The zero-order valence-electron chi connectivity index (χ0n) is 17.8. The molecule has 1 fully saturated rings. The van der Waals surface area contributed by atoms with Gasteiger partial charge in [0.15, 0.2) is 0 Å². The van der Waals surface area contributed by atoms with Crippen molar-refractivity contribution in [2.75, 3.05) is 4.90 Å². The van der Waals surface area contributed by atoms with E-state index in [9.17, 15) is 14.7 Å². The van der Waals surface area contributed by atoms with Gasteiger partial charge in [0.2, 0.25) is 5.13 Å². The minimum Gasteiger partial charge on any atom is -0.507 e. The summed E-state index contributed by atoms with van der Waals surface area (Å²) in [7, 11) is 0. The number of hydrogen-bond donors (Lipinski definition) is 1. The molecule has 1 aromatic heterocycles. The van der Waals surface area contributed by atoms with Crippen LogP contribution in [-0.4, -0.2) is 33.1 Å². The quantitative estimate of drug-likeness (QED) is 0.369. The first-order chi connectivity index (χ1) is 15.3. The van der Waals surface area contributed by atoms with Crippen molar-refractivity contribution in [1.29, 1.82) is 0 Å². The summed E-state index contributed by atoms with van der Waals surface area (Å²) in [6.07, 6.45) is 0.775. The number of ketones is 1. The van der Waals surface area contributed by atoms with E-state index in [1.54, 1.807) is 19.1 Å². The molecule has 32 heavy (non-hydrogen) atoms. The van der Waals surface area contributed by atoms with Crippen molar-refractivity contribution in [2.24, 2.45) is 0 Å². The van der Waals surface area contributed by atoms with Gasteiger partial charge < -0.3 is 9.84 Å². The predicted molar refractivity (Wildman–Crippen MR) is 121 cm³/mol. The fourth-order valence-electron chi connectivity index (χ4n) is 4.20. The maximum absolute atomic E-state index is 13.2. The van der Waals surface area contributed by atoms with Crippen molar-refractivity contribution in [3.05, 3.63) is 75.3 Å². The third-order valence-electron chi connectivity index (χ3n) is 5.73. The largest absolute Gasteiger partial charge is 0.507 e. The van der Waals surface area contributed by atoms with Crippen LogP contribution in [0.5, 0.6) is 5.75 Å². The summed E-state index contributed by atoms with van der Waals surface area (Å²) in [5, 5.41) is 20.4. The van der Waals surface area contributed by atoms with Crippen LogP contribution in [0, 0.1) is 13.8 Å². The second-order valence-corrected chi connectivity index (χ2v) is 9.30. The molecule has 0 radical (unpaired) electrons. The third kappa shape index (κ3) is 3.27. The SMILES string of the molecule is Cc1ccc([C@H]2C(=C(O)c3ccc4c(c3)C[C@@H](C)O4)C(=O)C(=O)N2c2nnc(C)s2)cc1. The van der Waals surface area contributed by atoms with Crippen LogP contribution in [0.4, 0.5) is 5.13 Å².